The fourth-order valence-corrected chi connectivity index (χ4v) is 5.42. The number of nitrogens with zero attached hydrogens (tertiary/aromatic N) is 2. The molecule has 4 nitrogen and oxygen atoms in total. The van der Waals surface area contributed by atoms with E-state index in [0.29, 0.717) is 15.5 Å². The summed E-state index contributed by atoms with van der Waals surface area (Å²) >= 11 is 4.65. The van der Waals surface area contributed by atoms with Crippen LogP contribution in [-0.2, 0) is 12.8 Å². The fourth-order valence-electron chi connectivity index (χ4n) is 3.43. The first-order chi connectivity index (χ1) is 11.8. The van der Waals surface area contributed by atoms with E-state index in [0.717, 1.165) is 29.0 Å². The van der Waals surface area contributed by atoms with Crippen LogP contribution in [-0.4, -0.2) is 16.1 Å². The second kappa shape index (κ2) is 5.57. The van der Waals surface area contributed by atoms with Crippen LogP contribution in [0, 0.1) is 11.2 Å². The van der Waals surface area contributed by atoms with Crippen LogP contribution in [0.15, 0.2) is 27.6 Å². The molecular formula is C18H14BrFN2O2S. The van der Waals surface area contributed by atoms with Crippen LogP contribution in [0.5, 0.6) is 0 Å². The van der Waals surface area contributed by atoms with Gasteiger partial charge in [-0.1, -0.05) is 13.8 Å². The Morgan fingerprint density at radius 1 is 1.36 bits per heavy atom. The summed E-state index contributed by atoms with van der Waals surface area (Å²) in [6.45, 7) is 4.42. The van der Waals surface area contributed by atoms with Crippen molar-refractivity contribution >= 4 is 43.6 Å². The second-order valence-corrected chi connectivity index (χ2v) is 9.02. The van der Waals surface area contributed by atoms with Crippen LogP contribution in [0.3, 0.4) is 0 Å². The molecule has 1 aliphatic rings. The number of carbonyl (C=O) groups is 1. The first-order valence-corrected chi connectivity index (χ1v) is 9.39. The van der Waals surface area contributed by atoms with Gasteiger partial charge in [0, 0.05) is 20.8 Å². The van der Waals surface area contributed by atoms with Gasteiger partial charge in [-0.05, 0) is 45.8 Å². The van der Waals surface area contributed by atoms with E-state index in [1.54, 1.807) is 6.20 Å². The van der Waals surface area contributed by atoms with E-state index in [9.17, 15) is 14.0 Å². The number of aldehydes is 1. The Morgan fingerprint density at radius 2 is 2.12 bits per heavy atom. The fraction of sp³-hybridized carbons (Fsp3) is 0.278. The van der Waals surface area contributed by atoms with E-state index in [-0.39, 0.29) is 22.2 Å². The van der Waals surface area contributed by atoms with Gasteiger partial charge in [0.25, 0.3) is 5.56 Å². The Kier molecular flexibility index (Phi) is 3.70. The normalized spacial score (nSPS) is 15.5. The van der Waals surface area contributed by atoms with Crippen molar-refractivity contribution in [3.05, 3.63) is 55.0 Å². The lowest BCUT2D eigenvalue weighted by atomic mass is 9.90. The van der Waals surface area contributed by atoms with Crippen molar-refractivity contribution in [3.8, 4) is 5.69 Å². The molecule has 0 bridgehead atoms. The minimum atomic E-state index is -0.545. The van der Waals surface area contributed by atoms with Crippen molar-refractivity contribution < 1.29 is 9.18 Å². The SMILES string of the molecule is CC1(C)Cc2sc3c(=O)n(-c4cc(F)cc(Br)c4C=O)ncc3c2C1. The van der Waals surface area contributed by atoms with Gasteiger partial charge >= 0.3 is 0 Å². The molecule has 2 aromatic heterocycles. The Bertz CT molecular complexity index is 1100. The lowest BCUT2D eigenvalue weighted by Crippen LogP contribution is -2.22. The molecule has 0 saturated carbocycles. The van der Waals surface area contributed by atoms with E-state index in [1.807, 2.05) is 0 Å². The quantitative estimate of drug-likeness (QED) is 0.581. The highest BCUT2D eigenvalue weighted by atomic mass is 79.9. The Labute approximate surface area is 155 Å². The van der Waals surface area contributed by atoms with Crippen molar-refractivity contribution in [3.63, 3.8) is 0 Å². The molecule has 1 aliphatic carbocycles. The number of hydrogen-bond acceptors (Lipinski definition) is 4. The number of carbonyl (C=O) groups excluding carboxylic acids is 1. The van der Waals surface area contributed by atoms with Gasteiger partial charge in [0.1, 0.15) is 10.5 Å². The molecule has 128 valence electrons. The summed E-state index contributed by atoms with van der Waals surface area (Å²) in [7, 11) is 0. The van der Waals surface area contributed by atoms with Gasteiger partial charge in [0.05, 0.1) is 17.4 Å². The van der Waals surface area contributed by atoms with Crippen molar-refractivity contribution in [2.45, 2.75) is 26.7 Å². The van der Waals surface area contributed by atoms with E-state index < -0.39 is 5.82 Å². The summed E-state index contributed by atoms with van der Waals surface area (Å²) < 4.78 is 15.8. The van der Waals surface area contributed by atoms with Crippen LogP contribution in [0.4, 0.5) is 4.39 Å². The summed E-state index contributed by atoms with van der Waals surface area (Å²) in [6.07, 6.45) is 4.10. The zero-order valence-electron chi connectivity index (χ0n) is 13.6. The molecule has 4 rings (SSSR count). The molecule has 0 saturated heterocycles. The highest BCUT2D eigenvalue weighted by Gasteiger charge is 2.32. The maximum absolute atomic E-state index is 13.8. The second-order valence-electron chi connectivity index (χ2n) is 7.06. The molecule has 0 radical (unpaired) electrons. The van der Waals surface area contributed by atoms with Gasteiger partial charge in [-0.3, -0.25) is 9.59 Å². The van der Waals surface area contributed by atoms with Crippen LogP contribution in [0.1, 0.15) is 34.6 Å². The average Bonchev–Trinajstić information content (AvgIpc) is 2.99. The summed E-state index contributed by atoms with van der Waals surface area (Å²) in [5, 5.41) is 5.10. The predicted octanol–water partition coefficient (Wildman–Crippen LogP) is 4.29. The number of rotatable bonds is 2. The Hall–Kier alpha value is -1.86. The van der Waals surface area contributed by atoms with E-state index in [2.05, 4.69) is 34.9 Å². The van der Waals surface area contributed by atoms with Gasteiger partial charge in [-0.15, -0.1) is 11.3 Å². The molecule has 0 spiro atoms. The van der Waals surface area contributed by atoms with Crippen molar-refractivity contribution in [1.29, 1.82) is 0 Å². The molecule has 25 heavy (non-hydrogen) atoms. The minimum absolute atomic E-state index is 0.141. The van der Waals surface area contributed by atoms with E-state index >= 15 is 0 Å². The monoisotopic (exact) mass is 420 g/mol. The highest BCUT2D eigenvalue weighted by Crippen LogP contribution is 2.43. The largest absolute Gasteiger partial charge is 0.298 e. The summed E-state index contributed by atoms with van der Waals surface area (Å²) in [5.74, 6) is -0.545. The maximum Gasteiger partial charge on any atom is 0.289 e. The summed E-state index contributed by atoms with van der Waals surface area (Å²) in [5.41, 5.74) is 1.40. The zero-order valence-corrected chi connectivity index (χ0v) is 16.0. The van der Waals surface area contributed by atoms with E-state index in [4.69, 9.17) is 0 Å². The summed E-state index contributed by atoms with van der Waals surface area (Å²) in [4.78, 5) is 25.6. The van der Waals surface area contributed by atoms with Gasteiger partial charge in [-0.2, -0.15) is 9.78 Å². The zero-order chi connectivity index (χ0) is 17.9. The smallest absolute Gasteiger partial charge is 0.289 e. The number of thiophene rings is 1. The van der Waals surface area contributed by atoms with Crippen molar-refractivity contribution in [2.24, 2.45) is 5.41 Å². The van der Waals surface area contributed by atoms with Crippen LogP contribution < -0.4 is 5.56 Å². The van der Waals surface area contributed by atoms with E-state index in [1.165, 1.54) is 27.8 Å². The van der Waals surface area contributed by atoms with Crippen molar-refractivity contribution in [2.75, 3.05) is 0 Å². The van der Waals surface area contributed by atoms with Crippen molar-refractivity contribution in [1.82, 2.24) is 9.78 Å². The third-order valence-corrected chi connectivity index (χ3v) is 6.43. The molecule has 0 fully saturated rings. The first kappa shape index (κ1) is 16.6. The van der Waals surface area contributed by atoms with Gasteiger partial charge in [0.15, 0.2) is 6.29 Å². The molecule has 0 N–H and O–H groups in total. The lowest BCUT2D eigenvalue weighted by molar-refractivity contribution is 0.112. The van der Waals surface area contributed by atoms with Crippen LogP contribution >= 0.6 is 27.3 Å². The molecule has 0 aliphatic heterocycles. The number of hydrogen-bond donors (Lipinski definition) is 0. The highest BCUT2D eigenvalue weighted by molar-refractivity contribution is 9.10. The summed E-state index contributed by atoms with van der Waals surface area (Å²) in [6, 6.07) is 2.34. The molecule has 1 aromatic carbocycles. The van der Waals surface area contributed by atoms with Gasteiger partial charge in [-0.25, -0.2) is 4.39 Å². The average molecular weight is 421 g/mol. The third-order valence-electron chi connectivity index (χ3n) is 4.53. The standard InChI is InChI=1S/C18H14BrFN2O2S/c1-18(2)5-10-11-7-21-22(17(24)16(11)25-15(10)6-18)14-4-9(20)3-13(19)12(14)8-23/h3-4,7-8H,5-6H2,1-2H3. The van der Waals surface area contributed by atoms with Gasteiger partial charge < -0.3 is 0 Å². The number of fused-ring (bicyclic) bond motifs is 3. The number of halogens is 2. The molecule has 0 unspecified atom stereocenters. The van der Waals surface area contributed by atoms with Crippen LogP contribution in [0.25, 0.3) is 15.8 Å². The minimum Gasteiger partial charge on any atom is -0.298 e. The number of aromatic nitrogens is 2. The molecule has 2 heterocycles. The topological polar surface area (TPSA) is 52.0 Å². The molecule has 3 aromatic rings. The Balaban J connectivity index is 1.97. The predicted molar refractivity (Wildman–Crippen MR) is 99.5 cm³/mol. The number of benzene rings is 1. The molecule has 0 amide bonds. The molecular weight excluding hydrogens is 407 g/mol. The van der Waals surface area contributed by atoms with Gasteiger partial charge in [0.2, 0.25) is 0 Å². The third kappa shape index (κ3) is 2.57. The maximum atomic E-state index is 13.8. The first-order valence-electron chi connectivity index (χ1n) is 7.78. The molecule has 7 heteroatoms. The molecule has 0 atom stereocenters. The van der Waals surface area contributed by atoms with Crippen LogP contribution in [0.2, 0.25) is 0 Å². The Morgan fingerprint density at radius 3 is 2.84 bits per heavy atom. The lowest BCUT2D eigenvalue weighted by Gasteiger charge is -2.15.